The Balaban J connectivity index is 2.37. The van der Waals surface area contributed by atoms with Crippen molar-refractivity contribution in [3.8, 4) is 0 Å². The smallest absolute Gasteiger partial charge is 0.317 e. The zero-order valence-corrected chi connectivity index (χ0v) is 12.3. The topological polar surface area (TPSA) is 57.5 Å². The third kappa shape index (κ3) is 4.59. The molecule has 2 unspecified atom stereocenters. The van der Waals surface area contributed by atoms with E-state index in [1.807, 2.05) is 33.2 Å². The minimum atomic E-state index is -0.167. The second kappa shape index (κ2) is 7.19. The number of likely N-dealkylation sites (N-methyl/N-ethyl adjacent to an activating group) is 1. The first-order valence-electron chi connectivity index (χ1n) is 6.70. The van der Waals surface area contributed by atoms with Gasteiger partial charge in [0.05, 0.1) is 12.6 Å². The Kier molecular flexibility index (Phi) is 5.89. The van der Waals surface area contributed by atoms with Crippen LogP contribution in [0.3, 0.4) is 0 Å². The maximum absolute atomic E-state index is 11.9. The highest BCUT2D eigenvalue weighted by atomic mass is 16.3. The molecule has 0 fully saturated rings. The van der Waals surface area contributed by atoms with Crippen molar-refractivity contribution in [1.82, 2.24) is 14.8 Å². The number of carbonyl (C=O) groups is 1. The Morgan fingerprint density at radius 3 is 2.74 bits per heavy atom. The van der Waals surface area contributed by atoms with E-state index in [2.05, 4.69) is 16.0 Å². The van der Waals surface area contributed by atoms with E-state index < -0.39 is 0 Å². The number of amides is 2. The van der Waals surface area contributed by atoms with E-state index in [1.54, 1.807) is 7.05 Å². The van der Waals surface area contributed by atoms with E-state index in [0.29, 0.717) is 0 Å². The van der Waals surface area contributed by atoms with E-state index >= 15 is 0 Å². The van der Waals surface area contributed by atoms with Crippen LogP contribution in [0, 0.1) is 0 Å². The molecule has 1 rings (SSSR count). The van der Waals surface area contributed by atoms with Gasteiger partial charge in [0.15, 0.2) is 0 Å². The lowest BCUT2D eigenvalue weighted by molar-refractivity contribution is 0.155. The molecule has 0 aromatic carbocycles. The number of rotatable bonds is 6. The van der Waals surface area contributed by atoms with Crippen LogP contribution in [0.2, 0.25) is 0 Å². The highest BCUT2D eigenvalue weighted by molar-refractivity contribution is 5.74. The third-order valence-corrected chi connectivity index (χ3v) is 3.50. The molecule has 108 valence electrons. The van der Waals surface area contributed by atoms with Gasteiger partial charge in [-0.15, -0.1) is 0 Å². The lowest BCUT2D eigenvalue weighted by atomic mass is 10.1. The largest absolute Gasteiger partial charge is 0.394 e. The van der Waals surface area contributed by atoms with Gasteiger partial charge in [0, 0.05) is 32.0 Å². The summed E-state index contributed by atoms with van der Waals surface area (Å²) in [6, 6.07) is 3.92. The van der Waals surface area contributed by atoms with Crippen LogP contribution >= 0.6 is 0 Å². The number of urea groups is 1. The maximum atomic E-state index is 11.9. The molecular weight excluding hydrogens is 242 g/mol. The van der Waals surface area contributed by atoms with Crippen molar-refractivity contribution in [2.45, 2.75) is 38.8 Å². The van der Waals surface area contributed by atoms with Gasteiger partial charge in [-0.05, 0) is 38.8 Å². The molecule has 0 aliphatic carbocycles. The summed E-state index contributed by atoms with van der Waals surface area (Å²) in [5, 5.41) is 12.0. The highest BCUT2D eigenvalue weighted by Crippen LogP contribution is 2.06. The molecule has 0 aliphatic heterocycles. The molecule has 5 nitrogen and oxygen atoms in total. The molecule has 19 heavy (non-hydrogen) atoms. The average molecular weight is 267 g/mol. The minimum absolute atomic E-state index is 0.0261. The Labute approximate surface area is 115 Å². The normalized spacial score (nSPS) is 13.9. The summed E-state index contributed by atoms with van der Waals surface area (Å²) in [6.07, 6.45) is 3.85. The first kappa shape index (κ1) is 15.6. The summed E-state index contributed by atoms with van der Waals surface area (Å²) in [4.78, 5) is 13.4. The van der Waals surface area contributed by atoms with Crippen molar-refractivity contribution < 1.29 is 9.90 Å². The fraction of sp³-hybridized carbons (Fsp3) is 0.643. The predicted molar refractivity (Wildman–Crippen MR) is 76.0 cm³/mol. The molecule has 0 bridgehead atoms. The van der Waals surface area contributed by atoms with Crippen LogP contribution in [0.1, 0.15) is 26.0 Å². The molecule has 1 aromatic rings. The van der Waals surface area contributed by atoms with Gasteiger partial charge in [-0.2, -0.15) is 0 Å². The van der Waals surface area contributed by atoms with Crippen molar-refractivity contribution in [3.05, 3.63) is 24.0 Å². The zero-order chi connectivity index (χ0) is 14.4. The molecule has 2 N–H and O–H groups in total. The first-order chi connectivity index (χ1) is 8.95. The standard InChI is InChI=1S/C14H25N3O2/c1-11(7-8-13-6-5-9-16(13)3)15-14(19)17(4)12(2)10-18/h5-6,9,11-12,18H,7-8,10H2,1-4H3,(H,15,19). The number of aromatic nitrogens is 1. The van der Waals surface area contributed by atoms with E-state index in [0.717, 1.165) is 12.8 Å². The van der Waals surface area contributed by atoms with Crippen molar-refractivity contribution >= 4 is 6.03 Å². The van der Waals surface area contributed by atoms with E-state index in [9.17, 15) is 4.79 Å². The fourth-order valence-electron chi connectivity index (χ4n) is 1.83. The van der Waals surface area contributed by atoms with Gasteiger partial charge in [-0.25, -0.2) is 4.79 Å². The van der Waals surface area contributed by atoms with Crippen molar-refractivity contribution in [2.75, 3.05) is 13.7 Å². The number of hydrogen-bond acceptors (Lipinski definition) is 2. The van der Waals surface area contributed by atoms with Gasteiger partial charge in [-0.1, -0.05) is 0 Å². The average Bonchev–Trinajstić information content (AvgIpc) is 2.80. The Morgan fingerprint density at radius 2 is 2.21 bits per heavy atom. The molecule has 5 heteroatoms. The molecule has 0 aliphatic rings. The summed E-state index contributed by atoms with van der Waals surface area (Å²) < 4.78 is 2.09. The van der Waals surface area contributed by atoms with E-state index in [4.69, 9.17) is 5.11 Å². The Bertz CT molecular complexity index is 403. The quantitative estimate of drug-likeness (QED) is 0.818. The molecule has 0 spiro atoms. The number of hydrogen-bond donors (Lipinski definition) is 2. The summed E-state index contributed by atoms with van der Waals surface area (Å²) in [6.45, 7) is 3.79. The Hall–Kier alpha value is -1.49. The number of nitrogens with one attached hydrogen (secondary N) is 1. The van der Waals surface area contributed by atoms with Crippen molar-refractivity contribution in [3.63, 3.8) is 0 Å². The van der Waals surface area contributed by atoms with Crippen LogP contribution in [0.25, 0.3) is 0 Å². The highest BCUT2D eigenvalue weighted by Gasteiger charge is 2.16. The first-order valence-corrected chi connectivity index (χ1v) is 6.70. The van der Waals surface area contributed by atoms with E-state index in [1.165, 1.54) is 10.6 Å². The second-order valence-electron chi connectivity index (χ2n) is 5.14. The number of carbonyl (C=O) groups excluding carboxylic acids is 1. The van der Waals surface area contributed by atoms with Crippen LogP contribution in [-0.2, 0) is 13.5 Å². The molecular formula is C14H25N3O2. The number of nitrogens with zero attached hydrogens (tertiary/aromatic N) is 2. The Morgan fingerprint density at radius 1 is 1.53 bits per heavy atom. The van der Waals surface area contributed by atoms with Gasteiger partial charge in [0.1, 0.15) is 0 Å². The number of aliphatic hydroxyl groups is 1. The summed E-state index contributed by atoms with van der Waals surface area (Å²) in [7, 11) is 3.72. The molecule has 2 atom stereocenters. The van der Waals surface area contributed by atoms with Gasteiger partial charge in [-0.3, -0.25) is 0 Å². The SMILES string of the molecule is CC(CCc1cccn1C)NC(=O)N(C)C(C)CO. The van der Waals surface area contributed by atoms with Crippen LogP contribution in [0.15, 0.2) is 18.3 Å². The molecule has 1 aromatic heterocycles. The molecule has 1 heterocycles. The molecule has 0 saturated heterocycles. The minimum Gasteiger partial charge on any atom is -0.394 e. The van der Waals surface area contributed by atoms with Crippen LogP contribution < -0.4 is 5.32 Å². The van der Waals surface area contributed by atoms with Gasteiger partial charge >= 0.3 is 6.03 Å². The zero-order valence-electron chi connectivity index (χ0n) is 12.3. The number of aliphatic hydroxyl groups excluding tert-OH is 1. The molecule has 2 amide bonds. The summed E-state index contributed by atoms with van der Waals surface area (Å²) in [5.74, 6) is 0. The van der Waals surface area contributed by atoms with Gasteiger partial charge in [0.25, 0.3) is 0 Å². The third-order valence-electron chi connectivity index (χ3n) is 3.50. The monoisotopic (exact) mass is 267 g/mol. The summed E-state index contributed by atoms with van der Waals surface area (Å²) >= 11 is 0. The summed E-state index contributed by atoms with van der Waals surface area (Å²) in [5.41, 5.74) is 1.26. The van der Waals surface area contributed by atoms with E-state index in [-0.39, 0.29) is 24.7 Å². The van der Waals surface area contributed by atoms with Gasteiger partial charge < -0.3 is 19.9 Å². The number of aryl methyl sites for hydroxylation is 2. The van der Waals surface area contributed by atoms with Crippen molar-refractivity contribution in [1.29, 1.82) is 0 Å². The predicted octanol–water partition coefficient (Wildman–Crippen LogP) is 1.37. The van der Waals surface area contributed by atoms with Crippen molar-refractivity contribution in [2.24, 2.45) is 7.05 Å². The molecule has 0 radical (unpaired) electrons. The maximum Gasteiger partial charge on any atom is 0.317 e. The molecule has 0 saturated carbocycles. The lowest BCUT2D eigenvalue weighted by Gasteiger charge is -2.25. The fourth-order valence-corrected chi connectivity index (χ4v) is 1.83. The van der Waals surface area contributed by atoms with Crippen LogP contribution in [-0.4, -0.2) is 46.3 Å². The lowest BCUT2D eigenvalue weighted by Crippen LogP contribution is -2.46. The van der Waals surface area contributed by atoms with Gasteiger partial charge in [0.2, 0.25) is 0 Å². The van der Waals surface area contributed by atoms with Crippen LogP contribution in [0.5, 0.6) is 0 Å². The second-order valence-corrected chi connectivity index (χ2v) is 5.14. The van der Waals surface area contributed by atoms with Crippen LogP contribution in [0.4, 0.5) is 4.79 Å².